The Hall–Kier alpha value is -1.92. The van der Waals surface area contributed by atoms with E-state index in [9.17, 15) is 0 Å². The van der Waals surface area contributed by atoms with E-state index in [4.69, 9.17) is 14.0 Å². The third-order valence-corrected chi connectivity index (χ3v) is 3.83. The van der Waals surface area contributed by atoms with E-state index in [0.717, 1.165) is 24.3 Å². The Morgan fingerprint density at radius 3 is 3.00 bits per heavy atom. The van der Waals surface area contributed by atoms with Crippen LogP contribution in [0.3, 0.4) is 0 Å². The molecule has 6 nitrogen and oxygen atoms in total. The van der Waals surface area contributed by atoms with Gasteiger partial charge in [-0.3, -0.25) is 0 Å². The smallest absolute Gasteiger partial charge is 0.233 e. The summed E-state index contributed by atoms with van der Waals surface area (Å²) in [5.74, 6) is 1.97. The van der Waals surface area contributed by atoms with Crippen molar-refractivity contribution in [1.29, 1.82) is 0 Å². The van der Waals surface area contributed by atoms with Gasteiger partial charge in [0.2, 0.25) is 11.7 Å². The molecule has 1 aromatic heterocycles. The summed E-state index contributed by atoms with van der Waals surface area (Å²) in [7, 11) is 3.58. The molecule has 6 heteroatoms. The molecule has 0 bridgehead atoms. The first kappa shape index (κ1) is 14.0. The molecule has 2 heterocycles. The highest BCUT2D eigenvalue weighted by Crippen LogP contribution is 2.30. The Bertz CT molecular complexity index is 599. The fourth-order valence-electron chi connectivity index (χ4n) is 2.65. The summed E-state index contributed by atoms with van der Waals surface area (Å²) < 4.78 is 16.3. The summed E-state index contributed by atoms with van der Waals surface area (Å²) in [6.45, 7) is 1.36. The van der Waals surface area contributed by atoms with E-state index < -0.39 is 0 Å². The van der Waals surface area contributed by atoms with Crippen LogP contribution in [-0.2, 0) is 4.74 Å². The first-order valence-corrected chi connectivity index (χ1v) is 7.05. The number of hydrogen-bond donors (Lipinski definition) is 1. The molecule has 0 saturated carbocycles. The second kappa shape index (κ2) is 6.24. The maximum Gasteiger partial charge on any atom is 0.233 e. The van der Waals surface area contributed by atoms with E-state index in [1.165, 1.54) is 0 Å². The monoisotopic (exact) mass is 289 g/mol. The van der Waals surface area contributed by atoms with Gasteiger partial charge in [-0.1, -0.05) is 17.3 Å². The van der Waals surface area contributed by atoms with E-state index in [1.54, 1.807) is 7.11 Å². The zero-order valence-electron chi connectivity index (χ0n) is 12.2. The molecule has 1 fully saturated rings. The number of ether oxygens (including phenoxy) is 2. The third kappa shape index (κ3) is 2.77. The Labute approximate surface area is 123 Å². The molecule has 1 aromatic carbocycles. The molecule has 1 aliphatic rings. The van der Waals surface area contributed by atoms with Crippen LogP contribution >= 0.6 is 0 Å². The maximum absolute atomic E-state index is 5.54. The summed E-state index contributed by atoms with van der Waals surface area (Å²) in [6, 6.07) is 7.93. The average Bonchev–Trinajstić information content (AvgIpc) is 3.04. The van der Waals surface area contributed by atoms with Crippen LogP contribution in [0.4, 0.5) is 0 Å². The molecule has 0 aliphatic carbocycles. The lowest BCUT2D eigenvalue weighted by molar-refractivity contribution is 0.0516. The van der Waals surface area contributed by atoms with Crippen LogP contribution in [0.2, 0.25) is 0 Å². The van der Waals surface area contributed by atoms with Crippen LogP contribution in [0.1, 0.15) is 18.2 Å². The number of likely N-dealkylation sites (N-methyl/N-ethyl adjacent to an activating group) is 1. The lowest BCUT2D eigenvalue weighted by Crippen LogP contribution is -2.39. The first-order chi connectivity index (χ1) is 10.3. The second-order valence-corrected chi connectivity index (χ2v) is 5.02. The normalized spacial score (nSPS) is 22.2. The van der Waals surface area contributed by atoms with Gasteiger partial charge in [-0.25, -0.2) is 0 Å². The van der Waals surface area contributed by atoms with Gasteiger partial charge in [0.05, 0.1) is 25.2 Å². The Kier molecular flexibility index (Phi) is 4.17. The number of aromatic nitrogens is 2. The molecule has 21 heavy (non-hydrogen) atoms. The van der Waals surface area contributed by atoms with Crippen LogP contribution in [0, 0.1) is 0 Å². The van der Waals surface area contributed by atoms with Crippen LogP contribution in [0.5, 0.6) is 5.75 Å². The highest BCUT2D eigenvalue weighted by atomic mass is 16.5. The number of benzene rings is 1. The van der Waals surface area contributed by atoms with E-state index in [-0.39, 0.29) is 5.92 Å². The van der Waals surface area contributed by atoms with E-state index in [0.29, 0.717) is 24.4 Å². The molecule has 1 N–H and O–H groups in total. The van der Waals surface area contributed by atoms with Crippen molar-refractivity contribution in [2.24, 2.45) is 0 Å². The number of nitrogens with zero attached hydrogens (tertiary/aromatic N) is 2. The molecule has 0 radical (unpaired) electrons. The second-order valence-electron chi connectivity index (χ2n) is 5.02. The number of rotatable bonds is 4. The van der Waals surface area contributed by atoms with Crippen molar-refractivity contribution in [2.75, 3.05) is 27.4 Å². The molecule has 0 amide bonds. The van der Waals surface area contributed by atoms with Gasteiger partial charge in [0.25, 0.3) is 0 Å². The molecule has 3 rings (SSSR count). The average molecular weight is 289 g/mol. The topological polar surface area (TPSA) is 69.4 Å². The van der Waals surface area contributed by atoms with Crippen molar-refractivity contribution < 1.29 is 14.0 Å². The minimum absolute atomic E-state index is 0.0831. The highest BCUT2D eigenvalue weighted by Gasteiger charge is 2.31. The summed E-state index contributed by atoms with van der Waals surface area (Å²) in [5, 5.41) is 7.38. The van der Waals surface area contributed by atoms with Crippen molar-refractivity contribution in [2.45, 2.75) is 18.4 Å². The maximum atomic E-state index is 5.54. The van der Waals surface area contributed by atoms with Crippen molar-refractivity contribution in [3.05, 3.63) is 30.2 Å². The van der Waals surface area contributed by atoms with Crippen LogP contribution < -0.4 is 10.1 Å². The van der Waals surface area contributed by atoms with Gasteiger partial charge < -0.3 is 19.3 Å². The first-order valence-electron chi connectivity index (χ1n) is 7.05. The van der Waals surface area contributed by atoms with Crippen molar-refractivity contribution in [3.8, 4) is 17.1 Å². The van der Waals surface area contributed by atoms with Gasteiger partial charge in [-0.05, 0) is 25.6 Å². The van der Waals surface area contributed by atoms with Gasteiger partial charge in [0, 0.05) is 12.6 Å². The van der Waals surface area contributed by atoms with Gasteiger partial charge in [-0.15, -0.1) is 0 Å². The van der Waals surface area contributed by atoms with Crippen molar-refractivity contribution in [1.82, 2.24) is 15.5 Å². The standard InChI is InChI=1S/C15H19N3O3/c1-16-12-7-8-20-9-11(12)15-17-14(18-21-15)10-5-3-4-6-13(10)19-2/h3-6,11-12,16H,7-9H2,1-2H3. The quantitative estimate of drug-likeness (QED) is 0.926. The zero-order chi connectivity index (χ0) is 14.7. The van der Waals surface area contributed by atoms with Gasteiger partial charge in [-0.2, -0.15) is 4.98 Å². The lowest BCUT2D eigenvalue weighted by atomic mass is 9.96. The van der Waals surface area contributed by atoms with Crippen molar-refractivity contribution >= 4 is 0 Å². The minimum atomic E-state index is 0.0831. The fraction of sp³-hybridized carbons (Fsp3) is 0.467. The van der Waals surface area contributed by atoms with E-state index in [1.807, 2.05) is 31.3 Å². The van der Waals surface area contributed by atoms with E-state index >= 15 is 0 Å². The fourth-order valence-corrected chi connectivity index (χ4v) is 2.65. The van der Waals surface area contributed by atoms with Crippen molar-refractivity contribution in [3.63, 3.8) is 0 Å². The predicted molar refractivity (Wildman–Crippen MR) is 77.3 cm³/mol. The largest absolute Gasteiger partial charge is 0.496 e. The molecule has 1 aliphatic heterocycles. The van der Waals surface area contributed by atoms with Crippen LogP contribution in [-0.4, -0.2) is 43.6 Å². The summed E-state index contributed by atoms with van der Waals surface area (Å²) in [5.41, 5.74) is 0.827. The third-order valence-electron chi connectivity index (χ3n) is 3.83. The van der Waals surface area contributed by atoms with E-state index in [2.05, 4.69) is 15.5 Å². The predicted octanol–water partition coefficient (Wildman–Crippen LogP) is 1.84. The molecule has 2 aromatic rings. The summed E-state index contributed by atoms with van der Waals surface area (Å²) >= 11 is 0. The molecule has 2 atom stereocenters. The SMILES string of the molecule is CNC1CCOCC1c1nc(-c2ccccc2OC)no1. The molecular weight excluding hydrogens is 270 g/mol. The highest BCUT2D eigenvalue weighted by molar-refractivity contribution is 5.63. The molecule has 2 unspecified atom stereocenters. The molecule has 0 spiro atoms. The summed E-state index contributed by atoms with van der Waals surface area (Å²) in [6.07, 6.45) is 0.938. The molecular formula is C15H19N3O3. The number of nitrogens with one attached hydrogen (secondary N) is 1. The molecule has 112 valence electrons. The molecule has 1 saturated heterocycles. The number of methoxy groups -OCH3 is 1. The number of para-hydroxylation sites is 1. The number of hydrogen-bond acceptors (Lipinski definition) is 6. The summed E-state index contributed by atoms with van der Waals surface area (Å²) in [4.78, 5) is 4.53. The van der Waals surface area contributed by atoms with Crippen LogP contribution in [0.25, 0.3) is 11.4 Å². The zero-order valence-corrected chi connectivity index (χ0v) is 12.2. The van der Waals surface area contributed by atoms with Gasteiger partial charge in [0.1, 0.15) is 5.75 Å². The lowest BCUT2D eigenvalue weighted by Gasteiger charge is -2.28. The Morgan fingerprint density at radius 2 is 2.19 bits per heavy atom. The Balaban J connectivity index is 1.89. The van der Waals surface area contributed by atoms with Gasteiger partial charge >= 0.3 is 0 Å². The Morgan fingerprint density at radius 1 is 1.33 bits per heavy atom. The van der Waals surface area contributed by atoms with Gasteiger partial charge in [0.15, 0.2) is 0 Å². The minimum Gasteiger partial charge on any atom is -0.496 e. The van der Waals surface area contributed by atoms with Crippen LogP contribution in [0.15, 0.2) is 28.8 Å².